The molecule has 0 aliphatic carbocycles. The Labute approximate surface area is 109 Å². The number of aromatic nitrogens is 3. The maximum atomic E-state index is 11.2. The van der Waals surface area contributed by atoms with Crippen molar-refractivity contribution >= 4 is 17.3 Å². The van der Waals surface area contributed by atoms with E-state index in [1.807, 2.05) is 31.7 Å². The average molecular weight is 265 g/mol. The standard InChI is InChI=1S/C12H15N3O2S/c1-7(2)6-8-9(12(16)17)18-11(14-8)10-13-4-5-15(10)3/h4-5,7H,6H2,1-3H3,(H,16,17). The number of nitrogens with zero attached hydrogens (tertiary/aromatic N) is 3. The summed E-state index contributed by atoms with van der Waals surface area (Å²) in [6, 6.07) is 0. The molecule has 0 aliphatic rings. The summed E-state index contributed by atoms with van der Waals surface area (Å²) in [5, 5.41) is 9.86. The molecule has 0 amide bonds. The predicted octanol–water partition coefficient (Wildman–Crippen LogP) is 2.44. The van der Waals surface area contributed by atoms with Gasteiger partial charge < -0.3 is 9.67 Å². The Bertz CT molecular complexity index is 572. The average Bonchev–Trinajstić information content (AvgIpc) is 2.83. The van der Waals surface area contributed by atoms with E-state index in [4.69, 9.17) is 0 Å². The zero-order chi connectivity index (χ0) is 13.3. The van der Waals surface area contributed by atoms with Crippen molar-refractivity contribution < 1.29 is 9.90 Å². The lowest BCUT2D eigenvalue weighted by Crippen LogP contribution is -2.02. The van der Waals surface area contributed by atoms with Crippen LogP contribution in [0.1, 0.15) is 29.2 Å². The molecular weight excluding hydrogens is 250 g/mol. The Morgan fingerprint density at radius 1 is 1.56 bits per heavy atom. The van der Waals surface area contributed by atoms with Crippen LogP contribution >= 0.6 is 11.3 Å². The first-order valence-electron chi connectivity index (χ1n) is 5.69. The van der Waals surface area contributed by atoms with Gasteiger partial charge in [0.15, 0.2) is 10.8 Å². The molecule has 0 atom stereocenters. The molecule has 0 fully saturated rings. The third-order valence-corrected chi connectivity index (χ3v) is 3.59. The summed E-state index contributed by atoms with van der Waals surface area (Å²) in [7, 11) is 1.87. The first kappa shape index (κ1) is 12.8. The van der Waals surface area contributed by atoms with Crippen molar-refractivity contribution in [1.82, 2.24) is 14.5 Å². The van der Waals surface area contributed by atoms with Crippen LogP contribution in [0.25, 0.3) is 10.8 Å². The maximum Gasteiger partial charge on any atom is 0.347 e. The summed E-state index contributed by atoms with van der Waals surface area (Å²) in [4.78, 5) is 20.2. The fourth-order valence-electron chi connectivity index (χ4n) is 1.71. The lowest BCUT2D eigenvalue weighted by Gasteiger charge is -2.01. The van der Waals surface area contributed by atoms with Gasteiger partial charge >= 0.3 is 5.97 Å². The molecule has 0 unspecified atom stereocenters. The first-order chi connectivity index (χ1) is 8.49. The number of carbonyl (C=O) groups is 1. The smallest absolute Gasteiger partial charge is 0.347 e. The third-order valence-electron chi connectivity index (χ3n) is 2.51. The van der Waals surface area contributed by atoms with Crippen LogP contribution in [0.4, 0.5) is 0 Å². The summed E-state index contributed by atoms with van der Waals surface area (Å²) in [5.41, 5.74) is 0.653. The summed E-state index contributed by atoms with van der Waals surface area (Å²) < 4.78 is 1.84. The Balaban J connectivity index is 2.45. The van der Waals surface area contributed by atoms with E-state index in [1.165, 1.54) is 11.3 Å². The SMILES string of the molecule is CC(C)Cc1nc(-c2nccn2C)sc1C(=O)O. The van der Waals surface area contributed by atoms with Crippen LogP contribution in [0.5, 0.6) is 0 Å². The van der Waals surface area contributed by atoms with E-state index in [0.717, 1.165) is 0 Å². The van der Waals surface area contributed by atoms with E-state index in [2.05, 4.69) is 9.97 Å². The molecule has 2 rings (SSSR count). The quantitative estimate of drug-likeness (QED) is 0.922. The van der Waals surface area contributed by atoms with E-state index in [9.17, 15) is 9.90 Å². The molecule has 0 saturated carbocycles. The number of hydrogen-bond acceptors (Lipinski definition) is 4. The topological polar surface area (TPSA) is 68.0 Å². The van der Waals surface area contributed by atoms with Crippen LogP contribution in [0.3, 0.4) is 0 Å². The highest BCUT2D eigenvalue weighted by Gasteiger charge is 2.20. The summed E-state index contributed by atoms with van der Waals surface area (Å²) in [6.45, 7) is 4.09. The van der Waals surface area contributed by atoms with Gasteiger partial charge in [-0.25, -0.2) is 14.8 Å². The van der Waals surface area contributed by atoms with Gasteiger partial charge in [-0.15, -0.1) is 11.3 Å². The molecule has 0 bridgehead atoms. The van der Waals surface area contributed by atoms with Crippen molar-refractivity contribution in [2.24, 2.45) is 13.0 Å². The Kier molecular flexibility index (Phi) is 3.47. The molecule has 96 valence electrons. The molecule has 0 aromatic carbocycles. The molecule has 0 spiro atoms. The van der Waals surface area contributed by atoms with E-state index in [0.29, 0.717) is 33.7 Å². The lowest BCUT2D eigenvalue weighted by molar-refractivity contribution is 0.0700. The number of carboxylic acids is 1. The van der Waals surface area contributed by atoms with Crippen molar-refractivity contribution in [3.05, 3.63) is 23.0 Å². The predicted molar refractivity (Wildman–Crippen MR) is 69.8 cm³/mol. The minimum Gasteiger partial charge on any atom is -0.477 e. The van der Waals surface area contributed by atoms with E-state index < -0.39 is 5.97 Å². The van der Waals surface area contributed by atoms with Crippen molar-refractivity contribution in [3.63, 3.8) is 0 Å². The largest absolute Gasteiger partial charge is 0.477 e. The van der Waals surface area contributed by atoms with Crippen LogP contribution in [0.2, 0.25) is 0 Å². The molecule has 0 aliphatic heterocycles. The molecular formula is C12H15N3O2S. The number of thiazole rings is 1. The summed E-state index contributed by atoms with van der Waals surface area (Å²) in [5.74, 6) is 0.167. The van der Waals surface area contributed by atoms with Gasteiger partial charge in [-0.1, -0.05) is 13.8 Å². The maximum absolute atomic E-state index is 11.2. The van der Waals surface area contributed by atoms with Crippen LogP contribution in [-0.2, 0) is 13.5 Å². The van der Waals surface area contributed by atoms with Gasteiger partial charge in [0.05, 0.1) is 5.69 Å². The van der Waals surface area contributed by atoms with Crippen LogP contribution in [-0.4, -0.2) is 25.6 Å². The number of aromatic carboxylic acids is 1. The molecule has 0 saturated heterocycles. The van der Waals surface area contributed by atoms with Crippen molar-refractivity contribution in [2.75, 3.05) is 0 Å². The molecule has 5 nitrogen and oxygen atoms in total. The minimum absolute atomic E-state index is 0.321. The molecule has 1 N–H and O–H groups in total. The third kappa shape index (κ3) is 2.43. The minimum atomic E-state index is -0.913. The first-order valence-corrected chi connectivity index (χ1v) is 6.51. The van der Waals surface area contributed by atoms with Gasteiger partial charge in [-0.3, -0.25) is 0 Å². The molecule has 18 heavy (non-hydrogen) atoms. The van der Waals surface area contributed by atoms with Crippen LogP contribution < -0.4 is 0 Å². The van der Waals surface area contributed by atoms with E-state index >= 15 is 0 Å². The normalized spacial score (nSPS) is 11.1. The van der Waals surface area contributed by atoms with Gasteiger partial charge in [0, 0.05) is 19.4 Å². The van der Waals surface area contributed by atoms with Crippen molar-refractivity contribution in [2.45, 2.75) is 20.3 Å². The number of carboxylic acid groups (broad SMARTS) is 1. The van der Waals surface area contributed by atoms with Gasteiger partial charge in [-0.2, -0.15) is 0 Å². The molecule has 0 radical (unpaired) electrons. The second kappa shape index (κ2) is 4.89. The Hall–Kier alpha value is -1.69. The number of rotatable bonds is 4. The van der Waals surface area contributed by atoms with Crippen LogP contribution in [0.15, 0.2) is 12.4 Å². The van der Waals surface area contributed by atoms with Gasteiger partial charge in [0.25, 0.3) is 0 Å². The highest BCUT2D eigenvalue weighted by atomic mass is 32.1. The molecule has 2 aromatic rings. The van der Waals surface area contributed by atoms with Gasteiger partial charge in [0.2, 0.25) is 0 Å². The highest BCUT2D eigenvalue weighted by Crippen LogP contribution is 2.28. The zero-order valence-electron chi connectivity index (χ0n) is 10.5. The molecule has 2 heterocycles. The fourth-order valence-corrected chi connectivity index (χ4v) is 2.68. The van der Waals surface area contributed by atoms with Crippen molar-refractivity contribution in [1.29, 1.82) is 0 Å². The Morgan fingerprint density at radius 3 is 2.78 bits per heavy atom. The summed E-state index contributed by atoms with van der Waals surface area (Å²) >= 11 is 1.19. The van der Waals surface area contributed by atoms with Gasteiger partial charge in [0.1, 0.15) is 4.88 Å². The number of aryl methyl sites for hydroxylation is 1. The van der Waals surface area contributed by atoms with Crippen LogP contribution in [0, 0.1) is 5.92 Å². The highest BCUT2D eigenvalue weighted by molar-refractivity contribution is 7.16. The Morgan fingerprint density at radius 2 is 2.28 bits per heavy atom. The van der Waals surface area contributed by atoms with Gasteiger partial charge in [-0.05, 0) is 12.3 Å². The van der Waals surface area contributed by atoms with Crippen molar-refractivity contribution in [3.8, 4) is 10.8 Å². The zero-order valence-corrected chi connectivity index (χ0v) is 11.4. The molecule has 2 aromatic heterocycles. The monoisotopic (exact) mass is 265 g/mol. The number of imidazole rings is 1. The van der Waals surface area contributed by atoms with E-state index in [1.54, 1.807) is 6.20 Å². The summed E-state index contributed by atoms with van der Waals surface area (Å²) in [6.07, 6.45) is 4.17. The second-order valence-electron chi connectivity index (χ2n) is 4.56. The second-order valence-corrected chi connectivity index (χ2v) is 5.56. The number of hydrogen-bond donors (Lipinski definition) is 1. The fraction of sp³-hybridized carbons (Fsp3) is 0.417. The lowest BCUT2D eigenvalue weighted by atomic mass is 10.1. The van der Waals surface area contributed by atoms with E-state index in [-0.39, 0.29) is 0 Å². The molecule has 6 heteroatoms.